The number of nitrogens with zero attached hydrogens (tertiary/aromatic N) is 1. The molecule has 0 radical (unpaired) electrons. The van der Waals surface area contributed by atoms with Gasteiger partial charge in [0.05, 0.1) is 17.6 Å². The zero-order valence-electron chi connectivity index (χ0n) is 12.4. The fourth-order valence-electron chi connectivity index (χ4n) is 2.27. The molecule has 24 heavy (non-hydrogen) atoms. The topological polar surface area (TPSA) is 87.9 Å². The molecule has 1 heterocycles. The molecular weight excluding hydrogens is 353 g/mol. The minimum absolute atomic E-state index is 0.0883. The van der Waals surface area contributed by atoms with Crippen molar-refractivity contribution in [3.05, 3.63) is 64.2 Å². The van der Waals surface area contributed by atoms with Crippen LogP contribution in [0.25, 0.3) is 0 Å². The highest BCUT2D eigenvalue weighted by Crippen LogP contribution is 2.56. The Kier molecular flexibility index (Phi) is 4.91. The van der Waals surface area contributed by atoms with Crippen molar-refractivity contribution in [2.24, 2.45) is 0 Å². The quantitative estimate of drug-likeness (QED) is 0.369. The van der Waals surface area contributed by atoms with Gasteiger partial charge in [-0.2, -0.15) is 0 Å². The highest BCUT2D eigenvalue weighted by molar-refractivity contribution is 7.80. The lowest BCUT2D eigenvalue weighted by atomic mass is 10.1. The Morgan fingerprint density at radius 3 is 2.67 bits per heavy atom. The molecule has 0 saturated carbocycles. The molecule has 1 aliphatic rings. The molecule has 0 bridgehead atoms. The number of benzene rings is 2. The number of non-ortho nitro benzene ring substituents is 1. The lowest BCUT2D eigenvalue weighted by molar-refractivity contribution is -0.384. The summed E-state index contributed by atoms with van der Waals surface area (Å²) < 4.78 is 28.7. The predicted octanol–water partition coefficient (Wildman–Crippen LogP) is 4.55. The van der Waals surface area contributed by atoms with Crippen molar-refractivity contribution in [3.63, 3.8) is 0 Å². The normalized spacial score (nSPS) is 23.6. The summed E-state index contributed by atoms with van der Waals surface area (Å²) in [6.07, 6.45) is 0.0971. The van der Waals surface area contributed by atoms with Crippen LogP contribution in [0.5, 0.6) is 5.75 Å². The number of rotatable bonds is 4. The fraction of sp³-hybridized carbons (Fsp3) is 0.200. The summed E-state index contributed by atoms with van der Waals surface area (Å²) in [5.74, 6) is 0.174. The van der Waals surface area contributed by atoms with Crippen LogP contribution in [0.1, 0.15) is 18.1 Å². The van der Waals surface area contributed by atoms with Crippen molar-refractivity contribution in [3.8, 4) is 5.75 Å². The summed E-state index contributed by atoms with van der Waals surface area (Å²) in [6, 6.07) is 12.6. The van der Waals surface area contributed by atoms with Crippen LogP contribution in [-0.4, -0.2) is 11.5 Å². The lowest BCUT2D eigenvalue weighted by Gasteiger charge is -2.29. The van der Waals surface area contributed by atoms with E-state index in [1.54, 1.807) is 0 Å². The largest absolute Gasteiger partial charge is 0.530 e. The van der Waals surface area contributed by atoms with E-state index < -0.39 is 18.8 Å². The van der Waals surface area contributed by atoms with Crippen molar-refractivity contribution in [2.45, 2.75) is 17.4 Å². The van der Waals surface area contributed by atoms with Crippen molar-refractivity contribution in [1.29, 1.82) is 0 Å². The van der Waals surface area contributed by atoms with E-state index in [9.17, 15) is 14.7 Å². The Morgan fingerprint density at radius 2 is 2.00 bits per heavy atom. The minimum Gasteiger partial charge on any atom is -0.404 e. The van der Waals surface area contributed by atoms with Crippen molar-refractivity contribution in [1.82, 2.24) is 0 Å². The first kappa shape index (κ1) is 17.0. The fourth-order valence-corrected chi connectivity index (χ4v) is 3.91. The number of nitro benzene ring substituents is 1. The lowest BCUT2D eigenvalue weighted by Crippen LogP contribution is -2.16. The van der Waals surface area contributed by atoms with Gasteiger partial charge in [0.2, 0.25) is 0 Å². The first-order chi connectivity index (χ1) is 11.5. The maximum absolute atomic E-state index is 12.7. The van der Waals surface area contributed by atoms with Crippen LogP contribution in [0.15, 0.2) is 53.4 Å². The number of thiol groups is 1. The highest BCUT2D eigenvalue weighted by Gasteiger charge is 2.37. The van der Waals surface area contributed by atoms with Crippen LogP contribution in [0.2, 0.25) is 0 Å². The molecule has 2 aromatic carbocycles. The zero-order chi connectivity index (χ0) is 17.2. The second kappa shape index (κ2) is 6.94. The number of phosphoric ester groups is 1. The van der Waals surface area contributed by atoms with Gasteiger partial charge in [-0.1, -0.05) is 12.1 Å². The monoisotopic (exact) mass is 367 g/mol. The van der Waals surface area contributed by atoms with Crippen LogP contribution in [0.3, 0.4) is 0 Å². The Morgan fingerprint density at radius 1 is 1.25 bits per heavy atom. The van der Waals surface area contributed by atoms with Crippen LogP contribution >= 0.6 is 20.5 Å². The summed E-state index contributed by atoms with van der Waals surface area (Å²) in [5, 5.41) is 10.6. The van der Waals surface area contributed by atoms with E-state index in [1.807, 2.05) is 24.3 Å². The molecule has 1 aliphatic heterocycles. The molecule has 0 aromatic heterocycles. The average molecular weight is 367 g/mol. The van der Waals surface area contributed by atoms with Crippen LogP contribution in [0, 0.1) is 10.1 Å². The third kappa shape index (κ3) is 3.96. The van der Waals surface area contributed by atoms with Gasteiger partial charge in [-0.3, -0.25) is 19.2 Å². The molecule has 7 nitrogen and oxygen atoms in total. The van der Waals surface area contributed by atoms with Gasteiger partial charge in [0.15, 0.2) is 0 Å². The number of nitro groups is 1. The SMILES string of the molecule is O=[N+]([O-])c1ccc(OP2(=O)OCCC(c3cccc(S)c3)O2)cc1. The molecule has 0 amide bonds. The third-order valence-electron chi connectivity index (χ3n) is 3.39. The van der Waals surface area contributed by atoms with E-state index >= 15 is 0 Å². The first-order valence-electron chi connectivity index (χ1n) is 7.11. The molecule has 1 saturated heterocycles. The van der Waals surface area contributed by atoms with E-state index in [1.165, 1.54) is 24.3 Å². The number of phosphoric acid groups is 1. The number of hydrogen-bond acceptors (Lipinski definition) is 7. The molecule has 1 fully saturated rings. The summed E-state index contributed by atoms with van der Waals surface area (Å²) in [5.41, 5.74) is 0.743. The summed E-state index contributed by atoms with van der Waals surface area (Å²) in [4.78, 5) is 10.9. The zero-order valence-corrected chi connectivity index (χ0v) is 14.2. The van der Waals surface area contributed by atoms with Crippen LogP contribution in [0.4, 0.5) is 5.69 Å². The van der Waals surface area contributed by atoms with Crippen LogP contribution < -0.4 is 4.52 Å². The molecule has 9 heteroatoms. The minimum atomic E-state index is -3.81. The Bertz CT molecular complexity index is 797. The second-order valence-corrected chi connectivity index (χ2v) is 7.16. The molecule has 2 unspecified atom stereocenters. The molecule has 126 valence electrons. The molecule has 2 aromatic rings. The molecule has 2 atom stereocenters. The van der Waals surface area contributed by atoms with E-state index in [0.717, 1.165) is 10.5 Å². The van der Waals surface area contributed by atoms with Gasteiger partial charge < -0.3 is 4.52 Å². The highest BCUT2D eigenvalue weighted by atomic mass is 32.1. The van der Waals surface area contributed by atoms with Crippen LogP contribution in [-0.2, 0) is 13.6 Å². The second-order valence-electron chi connectivity index (χ2n) is 5.10. The maximum atomic E-state index is 12.7. The van der Waals surface area contributed by atoms with Crippen molar-refractivity contribution < 1.29 is 23.1 Å². The maximum Gasteiger partial charge on any atom is 0.530 e. The number of hydrogen-bond donors (Lipinski definition) is 1. The molecular formula is C15H14NO6PS. The van der Waals surface area contributed by atoms with E-state index in [2.05, 4.69) is 12.6 Å². The first-order valence-corrected chi connectivity index (χ1v) is 9.02. The summed E-state index contributed by atoms with van der Waals surface area (Å²) in [6.45, 7) is 0.214. The molecule has 3 rings (SSSR count). The third-order valence-corrected chi connectivity index (χ3v) is 5.12. The van der Waals surface area contributed by atoms with Gasteiger partial charge in [0.1, 0.15) is 5.75 Å². The van der Waals surface area contributed by atoms with Crippen molar-refractivity contribution in [2.75, 3.05) is 6.61 Å². The van der Waals surface area contributed by atoms with Gasteiger partial charge in [-0.25, -0.2) is 4.57 Å². The molecule has 0 N–H and O–H groups in total. The molecule has 0 aliphatic carbocycles. The van der Waals surface area contributed by atoms with Gasteiger partial charge in [-0.15, -0.1) is 12.6 Å². The van der Waals surface area contributed by atoms with E-state index in [4.69, 9.17) is 13.6 Å². The van der Waals surface area contributed by atoms with Gasteiger partial charge in [-0.05, 0) is 29.8 Å². The smallest absolute Gasteiger partial charge is 0.404 e. The summed E-state index contributed by atoms with van der Waals surface area (Å²) >= 11 is 4.28. The average Bonchev–Trinajstić information content (AvgIpc) is 2.55. The van der Waals surface area contributed by atoms with E-state index in [-0.39, 0.29) is 18.0 Å². The van der Waals surface area contributed by atoms with Gasteiger partial charge in [0, 0.05) is 23.4 Å². The van der Waals surface area contributed by atoms with E-state index in [0.29, 0.717) is 6.42 Å². The van der Waals surface area contributed by atoms with Gasteiger partial charge >= 0.3 is 7.82 Å². The van der Waals surface area contributed by atoms with Crippen molar-refractivity contribution >= 4 is 26.1 Å². The standard InChI is InChI=1S/C15H14NO6PS/c17-16(18)12-4-6-13(7-5-12)21-23(19)20-9-8-15(22-23)11-2-1-3-14(24)10-11/h1-7,10,15,24H,8-9H2. The Labute approximate surface area is 143 Å². The predicted molar refractivity (Wildman–Crippen MR) is 89.4 cm³/mol. The van der Waals surface area contributed by atoms with Gasteiger partial charge in [0.25, 0.3) is 5.69 Å². The Hall–Kier alpha value is -1.86. The summed E-state index contributed by atoms with van der Waals surface area (Å²) in [7, 11) is -3.81. The molecule has 0 spiro atoms. The Balaban J connectivity index is 1.75.